The Bertz CT molecular complexity index is 62.2. The first-order valence-electron chi connectivity index (χ1n) is 1.16. The van der Waals surface area contributed by atoms with Crippen molar-refractivity contribution in [1.82, 2.24) is 0 Å². The Hall–Kier alpha value is 3.10. The number of halogens is 1. The minimum absolute atomic E-state index is 0. The van der Waals surface area contributed by atoms with Crippen molar-refractivity contribution < 1.29 is 38.7 Å². The fourth-order valence-corrected chi connectivity index (χ4v) is 0. The van der Waals surface area contributed by atoms with Crippen LogP contribution in [-0.4, -0.2) is 57.4 Å². The predicted octanol–water partition coefficient (Wildman–Crippen LogP) is -0.426. The van der Waals surface area contributed by atoms with Crippen LogP contribution in [0.2, 0.25) is 0 Å². The number of hydrogen-bond donors (Lipinski definition) is 3. The summed E-state index contributed by atoms with van der Waals surface area (Å²) in [7, 11) is -4.64. The van der Waals surface area contributed by atoms with E-state index in [1.54, 1.807) is 0 Å². The minimum atomic E-state index is -4.64. The Morgan fingerprint density at radius 3 is 1.25 bits per heavy atom. The quantitative estimate of drug-likeness (QED) is 0.320. The zero-order valence-electron chi connectivity index (χ0n) is 4.28. The second kappa shape index (κ2) is 10.1. The summed E-state index contributed by atoms with van der Waals surface area (Å²) >= 11 is 3.37. The molecule has 0 aliphatic heterocycles. The average molecular weight is 329 g/mol. The topological polar surface area (TPSA) is 77.8 Å². The molecule has 0 aromatic heterocycles. The molecule has 8 heavy (non-hydrogen) atoms. The van der Waals surface area contributed by atoms with Gasteiger partial charge in [-0.25, -0.2) is 4.57 Å². The van der Waals surface area contributed by atoms with Crippen LogP contribution < -0.4 is 0 Å². The first-order valence-corrected chi connectivity index (χ1v) is 12.8. The van der Waals surface area contributed by atoms with Gasteiger partial charge in [-0.15, -0.1) is 0 Å². The van der Waals surface area contributed by atoms with Gasteiger partial charge in [0.15, 0.2) is 0 Å². The Morgan fingerprint density at radius 1 is 1.25 bits per heavy atom. The maximum atomic E-state index is 8.88. The molecule has 0 unspecified atom stereocenters. The summed E-state index contributed by atoms with van der Waals surface area (Å²) in [6, 6.07) is 0. The molecule has 3 N–H and O–H groups in total. The zero-order valence-corrected chi connectivity index (χ0v) is 13.4. The maximum absolute atomic E-state index is 8.88. The van der Waals surface area contributed by atoms with Crippen LogP contribution in [0.4, 0.5) is 0 Å². The molecule has 0 bridgehead atoms. The van der Waals surface area contributed by atoms with Gasteiger partial charge in [-0.2, -0.15) is 0 Å². The summed E-state index contributed by atoms with van der Waals surface area (Å²) in [6.07, 6.45) is 0. The van der Waals surface area contributed by atoms with E-state index in [1.807, 2.05) is 0 Å². The van der Waals surface area contributed by atoms with E-state index in [-0.39, 0.29) is 19.5 Å². The van der Waals surface area contributed by atoms with Gasteiger partial charge in [-0.05, 0) is 0 Å². The fourth-order valence-electron chi connectivity index (χ4n) is 0. The molecule has 0 aliphatic rings. The monoisotopic (exact) mass is 328 g/mol. The standard InChI is InChI=1S/HI.K.H3O4P.Zn/c;;1-5(2,3)4;/h1H;;(H3,1,2,3,4);/q;+1;;/p-1. The molecule has 0 atom stereocenters. The molecule has 0 heterocycles. The largest absolute Gasteiger partial charge is 0 e. The molecule has 8 heteroatoms. The van der Waals surface area contributed by atoms with Gasteiger partial charge >= 0.3 is 61.8 Å². The smallest absolute Gasteiger partial charge is 0 e. The van der Waals surface area contributed by atoms with Gasteiger partial charge in [-0.3, -0.25) is 0 Å². The number of hydrogen-bond acceptors (Lipinski definition) is 1. The van der Waals surface area contributed by atoms with Crippen molar-refractivity contribution in [3.63, 3.8) is 0 Å². The third-order valence-electron chi connectivity index (χ3n) is 0. The molecule has 0 saturated heterocycles. The van der Waals surface area contributed by atoms with E-state index < -0.39 is 7.82 Å². The molecule has 4 nitrogen and oxygen atoms in total. The van der Waals surface area contributed by atoms with Crippen LogP contribution in [-0.2, 0) is 24.0 Å². The zero-order chi connectivity index (χ0) is 6.50. The SMILES string of the molecule is O=P(O)(O)O.[K][I].[Zn]. The van der Waals surface area contributed by atoms with E-state index in [9.17, 15) is 0 Å². The van der Waals surface area contributed by atoms with Crippen molar-refractivity contribution in [2.45, 2.75) is 0 Å². The number of phosphoric acid groups is 1. The van der Waals surface area contributed by atoms with E-state index in [2.05, 4.69) is 11.3 Å². The Morgan fingerprint density at radius 2 is 1.25 bits per heavy atom. The van der Waals surface area contributed by atoms with Gasteiger partial charge in [0.05, 0.1) is 0 Å². The Balaban J connectivity index is -0.0000000750. The Labute approximate surface area is 97.9 Å². The number of rotatable bonds is 0. The van der Waals surface area contributed by atoms with Crippen molar-refractivity contribution in [1.29, 1.82) is 0 Å². The summed E-state index contributed by atoms with van der Waals surface area (Å²) in [6.45, 7) is 0. The molecule has 0 spiro atoms. The Kier molecular flexibility index (Phi) is 21.8. The summed E-state index contributed by atoms with van der Waals surface area (Å²) in [5.74, 6) is 0. The summed E-state index contributed by atoms with van der Waals surface area (Å²) in [4.78, 5) is 21.6. The van der Waals surface area contributed by atoms with E-state index in [1.165, 1.54) is 0 Å². The van der Waals surface area contributed by atoms with Gasteiger partial charge < -0.3 is 14.7 Å². The van der Waals surface area contributed by atoms with Crippen molar-refractivity contribution in [2.24, 2.45) is 0 Å². The van der Waals surface area contributed by atoms with Crippen molar-refractivity contribution in [3.05, 3.63) is 0 Å². The first-order chi connectivity index (χ1) is 3.00. The molecule has 0 aromatic rings. The van der Waals surface area contributed by atoms with Crippen LogP contribution >= 0.6 is 19.1 Å². The molecule has 0 saturated carbocycles. The molecule has 0 rings (SSSR count). The van der Waals surface area contributed by atoms with Crippen LogP contribution in [0.15, 0.2) is 0 Å². The molecule has 0 aromatic carbocycles. The van der Waals surface area contributed by atoms with Crippen molar-refractivity contribution in [2.75, 3.05) is 0 Å². The van der Waals surface area contributed by atoms with E-state index in [0.29, 0.717) is 0 Å². The van der Waals surface area contributed by atoms with Crippen LogP contribution in [0.25, 0.3) is 0 Å². The second-order valence-corrected chi connectivity index (χ2v) is 1.54. The van der Waals surface area contributed by atoms with Gasteiger partial charge in [0.25, 0.3) is 0 Å². The molecular formula is H3IKO4PZn. The molecule has 0 aliphatic carbocycles. The van der Waals surface area contributed by atoms with E-state index >= 15 is 0 Å². The normalized spacial score (nSPS) is 8.25. The third kappa shape index (κ3) is 62.1. The summed E-state index contributed by atoms with van der Waals surface area (Å²) in [5.41, 5.74) is 0. The van der Waals surface area contributed by atoms with Gasteiger partial charge in [0.1, 0.15) is 0 Å². The predicted molar refractivity (Wildman–Crippen MR) is 34.0 cm³/mol. The van der Waals surface area contributed by atoms with Crippen LogP contribution in [0.5, 0.6) is 0 Å². The van der Waals surface area contributed by atoms with Gasteiger partial charge in [-0.1, -0.05) is 0 Å². The minimum Gasteiger partial charge on any atom is 0 e. The van der Waals surface area contributed by atoms with Gasteiger partial charge in [0, 0.05) is 19.5 Å². The van der Waals surface area contributed by atoms with Crippen molar-refractivity contribution in [3.8, 4) is 0 Å². The van der Waals surface area contributed by atoms with Gasteiger partial charge in [0.2, 0.25) is 0 Å². The van der Waals surface area contributed by atoms with Crippen LogP contribution in [0, 0.1) is 0 Å². The van der Waals surface area contributed by atoms with E-state index in [0.717, 1.165) is 42.7 Å². The summed E-state index contributed by atoms with van der Waals surface area (Å²) < 4.78 is 8.88. The molecule has 0 radical (unpaired) electrons. The first kappa shape index (κ1) is 17.3. The third-order valence-corrected chi connectivity index (χ3v) is 0. The maximum Gasteiger partial charge on any atom is 0 e. The molecular weight excluding hydrogens is 326 g/mol. The average Bonchev–Trinajstić information content (AvgIpc) is 1.36. The van der Waals surface area contributed by atoms with E-state index in [4.69, 9.17) is 19.2 Å². The molecule has 42 valence electrons. The van der Waals surface area contributed by atoms with Crippen LogP contribution in [0.1, 0.15) is 0 Å². The summed E-state index contributed by atoms with van der Waals surface area (Å²) in [5, 5.41) is 0. The fraction of sp³-hybridized carbons (Fsp3) is 0. The van der Waals surface area contributed by atoms with Crippen LogP contribution in [0.3, 0.4) is 0 Å². The molecule has 0 amide bonds. The second-order valence-electron chi connectivity index (χ2n) is 0.513. The van der Waals surface area contributed by atoms with Crippen molar-refractivity contribution >= 4 is 61.8 Å². The molecule has 0 fully saturated rings.